The monoisotopic (exact) mass is 435 g/mol. The van der Waals surface area contributed by atoms with Crippen molar-refractivity contribution in [3.05, 3.63) is 113 Å². The van der Waals surface area contributed by atoms with Crippen molar-refractivity contribution in [2.75, 3.05) is 0 Å². The van der Waals surface area contributed by atoms with E-state index in [4.69, 9.17) is 4.74 Å². The maximum atomic E-state index is 12.2. The molecule has 0 fully saturated rings. The van der Waals surface area contributed by atoms with Crippen molar-refractivity contribution in [2.45, 2.75) is 25.9 Å². The molecule has 4 nitrogen and oxygen atoms in total. The predicted octanol–water partition coefficient (Wildman–Crippen LogP) is 5.87. The molecule has 1 aliphatic carbocycles. The summed E-state index contributed by atoms with van der Waals surface area (Å²) in [4.78, 5) is 28.6. The van der Waals surface area contributed by atoms with E-state index in [1.165, 1.54) is 23.3 Å². The highest BCUT2D eigenvalue weighted by Gasteiger charge is 2.06. The molecule has 3 aromatic rings. The normalized spacial score (nSPS) is 12.7. The summed E-state index contributed by atoms with van der Waals surface area (Å²) in [6.07, 6.45) is 14.4. The van der Waals surface area contributed by atoms with Gasteiger partial charge >= 0.3 is 0 Å². The van der Waals surface area contributed by atoms with Gasteiger partial charge in [0.1, 0.15) is 12.4 Å². The number of benzene rings is 2. The number of aromatic nitrogens is 1. The predicted molar refractivity (Wildman–Crippen MR) is 132 cm³/mol. The van der Waals surface area contributed by atoms with Crippen molar-refractivity contribution in [2.24, 2.45) is 0 Å². The van der Waals surface area contributed by atoms with Gasteiger partial charge in [0.25, 0.3) is 0 Å². The van der Waals surface area contributed by atoms with Crippen molar-refractivity contribution in [3.63, 3.8) is 0 Å². The van der Waals surface area contributed by atoms with E-state index < -0.39 is 0 Å². The lowest BCUT2D eigenvalue weighted by Gasteiger charge is -2.10. The molecule has 0 saturated carbocycles. The summed E-state index contributed by atoms with van der Waals surface area (Å²) in [5.74, 6) is 0.291. The SMILES string of the molecule is O=C(/C=C/c1ccc(OCc2ccccn2)cc1)CC(=O)/C=C/c1ccc2c(c1)CCC=C2. The average Bonchev–Trinajstić information content (AvgIpc) is 2.86. The van der Waals surface area contributed by atoms with Crippen LogP contribution >= 0.6 is 0 Å². The Bertz CT molecular complexity index is 1210. The molecule has 0 bridgehead atoms. The summed E-state index contributed by atoms with van der Waals surface area (Å²) in [6.45, 7) is 0.395. The first kappa shape index (κ1) is 22.2. The van der Waals surface area contributed by atoms with Gasteiger partial charge in [-0.2, -0.15) is 0 Å². The van der Waals surface area contributed by atoms with Crippen LogP contribution in [0.1, 0.15) is 40.8 Å². The number of hydrogen-bond donors (Lipinski definition) is 0. The Balaban J connectivity index is 1.25. The van der Waals surface area contributed by atoms with Gasteiger partial charge in [-0.05, 0) is 71.5 Å². The van der Waals surface area contributed by atoms with Crippen molar-refractivity contribution in [3.8, 4) is 5.75 Å². The van der Waals surface area contributed by atoms with Crippen LogP contribution in [-0.2, 0) is 22.6 Å². The minimum absolute atomic E-state index is 0.147. The lowest BCUT2D eigenvalue weighted by Crippen LogP contribution is -2.02. The number of allylic oxidation sites excluding steroid dienone is 3. The fourth-order valence-electron chi connectivity index (χ4n) is 3.54. The Morgan fingerprint density at radius 1 is 0.909 bits per heavy atom. The van der Waals surface area contributed by atoms with Crippen molar-refractivity contribution >= 4 is 29.8 Å². The van der Waals surface area contributed by atoms with E-state index in [0.29, 0.717) is 6.61 Å². The van der Waals surface area contributed by atoms with Gasteiger partial charge in [-0.25, -0.2) is 0 Å². The molecule has 4 heteroatoms. The number of ether oxygens (including phenoxy) is 1. The van der Waals surface area contributed by atoms with Crippen LogP contribution in [0.5, 0.6) is 5.75 Å². The topological polar surface area (TPSA) is 56.3 Å². The summed E-state index contributed by atoms with van der Waals surface area (Å²) < 4.78 is 5.71. The molecule has 1 aliphatic rings. The zero-order chi connectivity index (χ0) is 22.9. The fourth-order valence-corrected chi connectivity index (χ4v) is 3.54. The van der Waals surface area contributed by atoms with Gasteiger partial charge in [0, 0.05) is 6.20 Å². The third-order valence-corrected chi connectivity index (χ3v) is 5.31. The molecule has 2 aromatic carbocycles. The number of hydrogen-bond acceptors (Lipinski definition) is 4. The highest BCUT2D eigenvalue weighted by Crippen LogP contribution is 2.21. The first-order valence-corrected chi connectivity index (χ1v) is 11.0. The molecule has 4 rings (SSSR count). The maximum absolute atomic E-state index is 12.2. The van der Waals surface area contributed by atoms with E-state index in [1.54, 1.807) is 18.3 Å². The molecule has 0 radical (unpaired) electrons. The summed E-state index contributed by atoms with van der Waals surface area (Å²) >= 11 is 0. The third kappa shape index (κ3) is 6.71. The van der Waals surface area contributed by atoms with Crippen molar-refractivity contribution in [1.29, 1.82) is 0 Å². The standard InChI is InChI=1S/C29H25NO3/c31-27(20-28(32)15-10-23-8-13-24-5-1-2-6-25(24)19-23)14-9-22-11-16-29(17-12-22)33-21-26-7-3-4-18-30-26/h1,3-5,7-19H,2,6,20-21H2/b14-9+,15-10+. The van der Waals surface area contributed by atoms with E-state index in [2.05, 4.69) is 29.3 Å². The molecule has 1 heterocycles. The van der Waals surface area contributed by atoms with Gasteiger partial charge in [-0.1, -0.05) is 60.7 Å². The van der Waals surface area contributed by atoms with E-state index in [0.717, 1.165) is 35.4 Å². The summed E-state index contributed by atoms with van der Waals surface area (Å²) in [5, 5.41) is 0. The third-order valence-electron chi connectivity index (χ3n) is 5.31. The zero-order valence-electron chi connectivity index (χ0n) is 18.3. The number of carbonyl (C=O) groups excluding carboxylic acids is 2. The maximum Gasteiger partial charge on any atom is 0.163 e. The molecule has 0 N–H and O–H groups in total. The van der Waals surface area contributed by atoms with E-state index in [-0.39, 0.29) is 18.0 Å². The lowest BCUT2D eigenvalue weighted by molar-refractivity contribution is -0.121. The largest absolute Gasteiger partial charge is 0.487 e. The average molecular weight is 436 g/mol. The molecule has 33 heavy (non-hydrogen) atoms. The number of nitrogens with zero attached hydrogens (tertiary/aromatic N) is 1. The van der Waals surface area contributed by atoms with E-state index in [9.17, 15) is 9.59 Å². The van der Waals surface area contributed by atoms with Crippen LogP contribution in [0.3, 0.4) is 0 Å². The van der Waals surface area contributed by atoms with Gasteiger partial charge in [-0.15, -0.1) is 0 Å². The lowest BCUT2D eigenvalue weighted by atomic mass is 9.95. The molecule has 0 aliphatic heterocycles. The van der Waals surface area contributed by atoms with Crippen LogP contribution in [0.25, 0.3) is 18.2 Å². The van der Waals surface area contributed by atoms with Gasteiger partial charge in [0.15, 0.2) is 11.6 Å². The van der Waals surface area contributed by atoms with Gasteiger partial charge < -0.3 is 4.74 Å². The molecular formula is C29H25NO3. The van der Waals surface area contributed by atoms with Crippen LogP contribution in [0.4, 0.5) is 0 Å². The van der Waals surface area contributed by atoms with Crippen molar-refractivity contribution in [1.82, 2.24) is 4.98 Å². The van der Waals surface area contributed by atoms with Gasteiger partial charge in [0.05, 0.1) is 12.1 Å². The summed E-state index contributed by atoms with van der Waals surface area (Å²) in [6, 6.07) is 19.3. The zero-order valence-corrected chi connectivity index (χ0v) is 18.3. The van der Waals surface area contributed by atoms with Crippen LogP contribution < -0.4 is 4.74 Å². The first-order valence-electron chi connectivity index (χ1n) is 11.0. The first-order chi connectivity index (χ1) is 16.2. The molecular weight excluding hydrogens is 410 g/mol. The molecule has 0 amide bonds. The Hall–Kier alpha value is -4.05. The second kappa shape index (κ2) is 11.0. The number of pyridine rings is 1. The molecule has 0 unspecified atom stereocenters. The summed E-state index contributed by atoms with van der Waals surface area (Å²) in [7, 11) is 0. The number of aryl methyl sites for hydroxylation is 1. The van der Waals surface area contributed by atoms with Gasteiger partial charge in [-0.3, -0.25) is 14.6 Å². The number of ketones is 2. The Labute approximate surface area is 194 Å². The smallest absolute Gasteiger partial charge is 0.163 e. The second-order valence-electron chi connectivity index (χ2n) is 7.85. The van der Waals surface area contributed by atoms with Crippen LogP contribution in [0, 0.1) is 0 Å². The Kier molecular flexibility index (Phi) is 7.39. The Morgan fingerprint density at radius 2 is 1.67 bits per heavy atom. The highest BCUT2D eigenvalue weighted by molar-refractivity contribution is 6.10. The van der Waals surface area contributed by atoms with Gasteiger partial charge in [0.2, 0.25) is 0 Å². The molecule has 1 aromatic heterocycles. The molecule has 0 atom stereocenters. The summed E-state index contributed by atoms with van der Waals surface area (Å²) in [5.41, 5.74) is 5.22. The van der Waals surface area contributed by atoms with Crippen LogP contribution in [0.2, 0.25) is 0 Å². The molecule has 0 saturated heterocycles. The number of fused-ring (bicyclic) bond motifs is 1. The Morgan fingerprint density at radius 3 is 2.42 bits per heavy atom. The van der Waals surface area contributed by atoms with Crippen LogP contribution in [-0.4, -0.2) is 16.6 Å². The number of carbonyl (C=O) groups is 2. The minimum Gasteiger partial charge on any atom is -0.487 e. The van der Waals surface area contributed by atoms with Crippen molar-refractivity contribution < 1.29 is 14.3 Å². The van der Waals surface area contributed by atoms with Crippen LogP contribution in [0.15, 0.2) is 85.1 Å². The van der Waals surface area contributed by atoms with E-state index in [1.807, 2.05) is 48.5 Å². The minimum atomic E-state index is -0.226. The number of rotatable bonds is 9. The quantitative estimate of drug-likeness (QED) is 0.311. The highest BCUT2D eigenvalue weighted by atomic mass is 16.5. The molecule has 164 valence electrons. The van der Waals surface area contributed by atoms with E-state index >= 15 is 0 Å². The second-order valence-corrected chi connectivity index (χ2v) is 7.85. The molecule has 0 spiro atoms. The fraction of sp³-hybridized carbons (Fsp3) is 0.138.